The molecule has 0 saturated carbocycles. The molecule has 4 N–H and O–H groups in total. The summed E-state index contributed by atoms with van der Waals surface area (Å²) in [5.41, 5.74) is -0.636. The summed E-state index contributed by atoms with van der Waals surface area (Å²) in [6.45, 7) is 10.3. The maximum Gasteiger partial charge on any atom is 0.328 e. The second kappa shape index (κ2) is 14.5. The van der Waals surface area contributed by atoms with Gasteiger partial charge in [0.2, 0.25) is 0 Å². The van der Waals surface area contributed by atoms with E-state index in [0.29, 0.717) is 9.79 Å². The molecule has 2 rings (SSSR count). The first-order valence-electron chi connectivity index (χ1n) is 12.5. The van der Waals surface area contributed by atoms with Crippen molar-refractivity contribution in [3.63, 3.8) is 0 Å². The van der Waals surface area contributed by atoms with Crippen LogP contribution in [0.2, 0.25) is 0 Å². The molecule has 0 saturated heterocycles. The van der Waals surface area contributed by atoms with Crippen molar-refractivity contribution in [3.8, 4) is 0 Å². The van der Waals surface area contributed by atoms with E-state index in [1.165, 1.54) is 21.6 Å². The number of nitrogens with one attached hydrogen (secondary N) is 2. The van der Waals surface area contributed by atoms with E-state index in [4.69, 9.17) is 9.47 Å². The summed E-state index contributed by atoms with van der Waals surface area (Å²) >= 11 is 0. The number of aliphatic carboxylic acids is 2. The lowest BCUT2D eigenvalue weighted by Gasteiger charge is -2.23. The summed E-state index contributed by atoms with van der Waals surface area (Å²) in [5.74, 6) is -3.60. The summed E-state index contributed by atoms with van der Waals surface area (Å²) in [7, 11) is 2.42. The summed E-state index contributed by atoms with van der Waals surface area (Å²) in [6.07, 6.45) is 0. The van der Waals surface area contributed by atoms with Gasteiger partial charge in [0, 0.05) is 9.79 Å². The van der Waals surface area contributed by atoms with Crippen LogP contribution in [0.5, 0.6) is 0 Å². The van der Waals surface area contributed by atoms with Crippen LogP contribution in [-0.2, 0) is 19.1 Å². The number of ether oxygens (including phenoxy) is 2. The number of carboxylic acids is 2. The van der Waals surface area contributed by atoms with Gasteiger partial charge in [0.05, 0.1) is 35.5 Å². The second-order valence-corrected chi connectivity index (χ2v) is 12.9. The van der Waals surface area contributed by atoms with Crippen LogP contribution in [0.4, 0.5) is 0 Å². The first-order chi connectivity index (χ1) is 18.6. The first-order valence-corrected chi connectivity index (χ1v) is 14.6. The highest BCUT2D eigenvalue weighted by atomic mass is 33.1. The van der Waals surface area contributed by atoms with E-state index in [1.807, 2.05) is 0 Å². The van der Waals surface area contributed by atoms with Crippen LogP contribution in [0.25, 0.3) is 0 Å². The molecule has 0 aromatic heterocycles. The number of amides is 2. The first kappa shape index (κ1) is 33.1. The molecule has 0 heterocycles. The van der Waals surface area contributed by atoms with Gasteiger partial charge in [-0.05, 0) is 65.8 Å². The standard InChI is InChI=1S/C28H36N2O8S2/c1-27(2,3)37-15-19(25(33)34)29-23(31)17-11-7-9-13-21(17)39-40-22-14-10-8-12-18(22)24(32)30-20(26(35)36)16-38-28(4,5)6/h7-14,19-20H,15-16H2,1-6H3,(H,29,31)(H,30,32)(H,33,34)(H,35,36)/t19-,20+. The highest BCUT2D eigenvalue weighted by Crippen LogP contribution is 2.40. The molecule has 10 nitrogen and oxygen atoms in total. The fourth-order valence-electron chi connectivity index (χ4n) is 3.03. The number of carbonyl (C=O) groups excluding carboxylic acids is 2. The number of rotatable bonds is 13. The van der Waals surface area contributed by atoms with Crippen molar-refractivity contribution in [2.24, 2.45) is 0 Å². The van der Waals surface area contributed by atoms with Crippen LogP contribution in [0.15, 0.2) is 58.3 Å². The average molecular weight is 593 g/mol. The highest BCUT2D eigenvalue weighted by molar-refractivity contribution is 8.76. The molecule has 2 amide bonds. The molecule has 0 aliphatic carbocycles. The van der Waals surface area contributed by atoms with E-state index in [9.17, 15) is 29.4 Å². The molecule has 0 bridgehead atoms. The Morgan fingerprint density at radius 1 is 0.675 bits per heavy atom. The number of carboxylic acid groups (broad SMARTS) is 2. The van der Waals surface area contributed by atoms with Crippen molar-refractivity contribution in [3.05, 3.63) is 59.7 Å². The van der Waals surface area contributed by atoms with Gasteiger partial charge in [0.1, 0.15) is 0 Å². The molecule has 0 radical (unpaired) electrons. The molecule has 40 heavy (non-hydrogen) atoms. The minimum atomic E-state index is -1.24. The second-order valence-electron chi connectivity index (χ2n) is 10.7. The maximum atomic E-state index is 13.0. The quantitative estimate of drug-likeness (QED) is 0.245. The van der Waals surface area contributed by atoms with Crippen LogP contribution >= 0.6 is 21.6 Å². The zero-order valence-electron chi connectivity index (χ0n) is 23.3. The van der Waals surface area contributed by atoms with Gasteiger partial charge in [-0.25, -0.2) is 9.59 Å². The summed E-state index contributed by atoms with van der Waals surface area (Å²) in [4.78, 5) is 50.5. The van der Waals surface area contributed by atoms with Crippen molar-refractivity contribution < 1.29 is 38.9 Å². The number of benzene rings is 2. The van der Waals surface area contributed by atoms with Crippen molar-refractivity contribution in [1.82, 2.24) is 10.6 Å². The number of carbonyl (C=O) groups is 4. The topological polar surface area (TPSA) is 151 Å². The molecular weight excluding hydrogens is 556 g/mol. The van der Waals surface area contributed by atoms with Gasteiger partial charge in [-0.2, -0.15) is 0 Å². The zero-order valence-corrected chi connectivity index (χ0v) is 25.0. The van der Waals surface area contributed by atoms with Gasteiger partial charge < -0.3 is 30.3 Å². The Balaban J connectivity index is 2.17. The fourth-order valence-corrected chi connectivity index (χ4v) is 5.39. The molecule has 12 heteroatoms. The molecule has 0 aliphatic rings. The van der Waals surface area contributed by atoms with E-state index in [-0.39, 0.29) is 24.3 Å². The summed E-state index contributed by atoms with van der Waals surface area (Å²) in [5, 5.41) is 24.1. The van der Waals surface area contributed by atoms with Gasteiger partial charge in [-0.1, -0.05) is 45.9 Å². The van der Waals surface area contributed by atoms with Crippen LogP contribution in [0.3, 0.4) is 0 Å². The van der Waals surface area contributed by atoms with Gasteiger partial charge in [0.25, 0.3) is 11.8 Å². The van der Waals surface area contributed by atoms with Crippen molar-refractivity contribution in [2.45, 2.75) is 74.6 Å². The lowest BCUT2D eigenvalue weighted by molar-refractivity contribution is -0.143. The van der Waals surface area contributed by atoms with E-state index < -0.39 is 47.0 Å². The SMILES string of the molecule is CC(C)(C)OC[C@H](NC(=O)c1ccccc1SSc1ccccc1C(=O)N[C@H](COC(C)(C)C)C(=O)O)C(=O)O. The molecule has 0 aliphatic heterocycles. The molecular formula is C28H36N2O8S2. The zero-order chi connectivity index (χ0) is 30.1. The number of hydrogen-bond acceptors (Lipinski definition) is 8. The summed E-state index contributed by atoms with van der Waals surface area (Å²) in [6, 6.07) is 10.9. The van der Waals surface area contributed by atoms with E-state index in [1.54, 1.807) is 90.1 Å². The third-order valence-electron chi connectivity index (χ3n) is 5.06. The molecule has 2 aromatic rings. The van der Waals surface area contributed by atoms with E-state index in [0.717, 1.165) is 0 Å². The minimum Gasteiger partial charge on any atom is -0.480 e. The van der Waals surface area contributed by atoms with Crippen molar-refractivity contribution in [1.29, 1.82) is 0 Å². The van der Waals surface area contributed by atoms with Gasteiger partial charge >= 0.3 is 11.9 Å². The molecule has 0 fully saturated rings. The lowest BCUT2D eigenvalue weighted by atomic mass is 10.1. The molecule has 0 unspecified atom stereocenters. The van der Waals surface area contributed by atoms with Gasteiger partial charge in [-0.15, -0.1) is 0 Å². The van der Waals surface area contributed by atoms with Gasteiger partial charge in [0.15, 0.2) is 12.1 Å². The monoisotopic (exact) mass is 592 g/mol. The summed E-state index contributed by atoms with van der Waals surface area (Å²) < 4.78 is 11.1. The largest absolute Gasteiger partial charge is 0.480 e. The van der Waals surface area contributed by atoms with E-state index >= 15 is 0 Å². The minimum absolute atomic E-state index is 0.199. The Morgan fingerprint density at radius 3 is 1.30 bits per heavy atom. The maximum absolute atomic E-state index is 13.0. The highest BCUT2D eigenvalue weighted by Gasteiger charge is 2.26. The molecule has 0 spiro atoms. The predicted octanol–water partition coefficient (Wildman–Crippen LogP) is 4.48. The van der Waals surface area contributed by atoms with Crippen molar-refractivity contribution in [2.75, 3.05) is 13.2 Å². The molecule has 2 atom stereocenters. The molecule has 2 aromatic carbocycles. The fraction of sp³-hybridized carbons (Fsp3) is 0.429. The van der Waals surface area contributed by atoms with Crippen molar-refractivity contribution >= 4 is 45.3 Å². The molecule has 218 valence electrons. The third kappa shape index (κ3) is 11.2. The average Bonchev–Trinajstić information content (AvgIpc) is 2.86. The Bertz CT molecular complexity index is 1110. The third-order valence-corrected chi connectivity index (χ3v) is 7.54. The van der Waals surface area contributed by atoms with Crippen LogP contribution in [0, 0.1) is 0 Å². The van der Waals surface area contributed by atoms with E-state index in [2.05, 4.69) is 10.6 Å². The van der Waals surface area contributed by atoms with Crippen LogP contribution in [-0.4, -0.2) is 70.5 Å². The van der Waals surface area contributed by atoms with Gasteiger partial charge in [-0.3, -0.25) is 9.59 Å². The lowest BCUT2D eigenvalue weighted by Crippen LogP contribution is -2.45. The Morgan fingerprint density at radius 2 is 1.00 bits per heavy atom. The Hall–Kier alpha value is -3.06. The van der Waals surface area contributed by atoms with Crippen LogP contribution in [0.1, 0.15) is 62.3 Å². The number of hydrogen-bond donors (Lipinski definition) is 4. The smallest absolute Gasteiger partial charge is 0.328 e. The Labute approximate surface area is 242 Å². The normalized spacial score (nSPS) is 13.2. The van der Waals surface area contributed by atoms with Crippen LogP contribution < -0.4 is 10.6 Å². The predicted molar refractivity (Wildman–Crippen MR) is 154 cm³/mol. The Kier molecular flexibility index (Phi) is 12.0.